The molecule has 0 aromatic carbocycles. The normalized spacial score (nSPS) is 18.6. The molecule has 0 saturated carbocycles. The van der Waals surface area contributed by atoms with Crippen LogP contribution in [0.2, 0.25) is 0 Å². The van der Waals surface area contributed by atoms with Crippen LogP contribution in [0.1, 0.15) is 41.1 Å². The zero-order valence-corrected chi connectivity index (χ0v) is 8.33. The average Bonchev–Trinajstić information content (AvgIpc) is 2.66. The number of rotatable bonds is 2. The van der Waals surface area contributed by atoms with Crippen LogP contribution in [0.3, 0.4) is 0 Å². The van der Waals surface area contributed by atoms with Crippen LogP contribution in [0.4, 0.5) is 0 Å². The molecule has 0 bridgehead atoms. The van der Waals surface area contributed by atoms with Gasteiger partial charge in [0.1, 0.15) is 5.69 Å². The van der Waals surface area contributed by atoms with E-state index >= 15 is 0 Å². The SMILES string of the molecule is CC(=O)N[C@@H]1CCc2cc(C(=O)O)[nH]c21. The van der Waals surface area contributed by atoms with Crippen LogP contribution in [-0.2, 0) is 11.2 Å². The number of carboxylic acids is 1. The highest BCUT2D eigenvalue weighted by atomic mass is 16.4. The van der Waals surface area contributed by atoms with E-state index in [2.05, 4.69) is 10.3 Å². The zero-order valence-electron chi connectivity index (χ0n) is 8.33. The minimum Gasteiger partial charge on any atom is -0.477 e. The summed E-state index contributed by atoms with van der Waals surface area (Å²) in [5, 5.41) is 11.6. The van der Waals surface area contributed by atoms with Crippen molar-refractivity contribution in [2.24, 2.45) is 0 Å². The van der Waals surface area contributed by atoms with Crippen molar-refractivity contribution in [3.8, 4) is 0 Å². The summed E-state index contributed by atoms with van der Waals surface area (Å²) in [6, 6.07) is 1.57. The van der Waals surface area contributed by atoms with E-state index in [0.717, 1.165) is 24.1 Å². The Morgan fingerprint density at radius 3 is 2.93 bits per heavy atom. The fourth-order valence-corrected chi connectivity index (χ4v) is 1.98. The number of aromatic nitrogens is 1. The van der Waals surface area contributed by atoms with Crippen LogP contribution < -0.4 is 5.32 Å². The quantitative estimate of drug-likeness (QED) is 0.673. The molecule has 1 aliphatic carbocycles. The number of carbonyl (C=O) groups excluding carboxylic acids is 1. The number of aryl methyl sites for hydroxylation is 1. The molecule has 80 valence electrons. The van der Waals surface area contributed by atoms with Crippen LogP contribution in [0.5, 0.6) is 0 Å². The number of carboxylic acid groups (broad SMARTS) is 1. The third kappa shape index (κ3) is 1.72. The average molecular weight is 208 g/mol. The first-order chi connectivity index (χ1) is 7.08. The third-order valence-corrected chi connectivity index (χ3v) is 2.59. The lowest BCUT2D eigenvalue weighted by atomic mass is 10.2. The van der Waals surface area contributed by atoms with Crippen molar-refractivity contribution in [2.75, 3.05) is 0 Å². The second kappa shape index (κ2) is 3.42. The van der Waals surface area contributed by atoms with E-state index in [1.807, 2.05) is 0 Å². The van der Waals surface area contributed by atoms with Gasteiger partial charge in [0.2, 0.25) is 5.91 Å². The summed E-state index contributed by atoms with van der Waals surface area (Å²) >= 11 is 0. The Bertz CT molecular complexity index is 422. The summed E-state index contributed by atoms with van der Waals surface area (Å²) in [5.41, 5.74) is 2.02. The van der Waals surface area contributed by atoms with E-state index in [0.29, 0.717) is 0 Å². The number of carbonyl (C=O) groups is 2. The molecule has 1 heterocycles. The number of amides is 1. The van der Waals surface area contributed by atoms with Crippen molar-refractivity contribution in [3.63, 3.8) is 0 Å². The fraction of sp³-hybridized carbons (Fsp3) is 0.400. The molecule has 3 N–H and O–H groups in total. The number of fused-ring (bicyclic) bond motifs is 1. The molecular weight excluding hydrogens is 196 g/mol. The van der Waals surface area contributed by atoms with Gasteiger partial charge in [-0.1, -0.05) is 0 Å². The minimum atomic E-state index is -0.967. The molecule has 1 aromatic heterocycles. The predicted molar refractivity (Wildman–Crippen MR) is 52.6 cm³/mol. The monoisotopic (exact) mass is 208 g/mol. The van der Waals surface area contributed by atoms with Gasteiger partial charge in [-0.15, -0.1) is 0 Å². The number of H-pyrrole nitrogens is 1. The summed E-state index contributed by atoms with van der Waals surface area (Å²) < 4.78 is 0. The van der Waals surface area contributed by atoms with Gasteiger partial charge in [-0.2, -0.15) is 0 Å². The first kappa shape index (κ1) is 9.76. The molecule has 0 saturated heterocycles. The van der Waals surface area contributed by atoms with Gasteiger partial charge in [-0.3, -0.25) is 4.79 Å². The molecule has 1 amide bonds. The van der Waals surface area contributed by atoms with Crippen molar-refractivity contribution >= 4 is 11.9 Å². The van der Waals surface area contributed by atoms with E-state index in [4.69, 9.17) is 5.11 Å². The Hall–Kier alpha value is -1.78. The molecule has 5 nitrogen and oxygen atoms in total. The number of hydrogen-bond donors (Lipinski definition) is 3. The molecule has 0 radical (unpaired) electrons. The highest BCUT2D eigenvalue weighted by molar-refractivity contribution is 5.86. The Kier molecular flexibility index (Phi) is 2.22. The fourth-order valence-electron chi connectivity index (χ4n) is 1.98. The molecular formula is C10H12N2O3. The molecule has 0 fully saturated rings. The van der Waals surface area contributed by atoms with Gasteiger partial charge >= 0.3 is 5.97 Å². The van der Waals surface area contributed by atoms with E-state index in [1.165, 1.54) is 6.92 Å². The Balaban J connectivity index is 2.25. The second-order valence-corrected chi connectivity index (χ2v) is 3.72. The molecule has 15 heavy (non-hydrogen) atoms. The van der Waals surface area contributed by atoms with E-state index < -0.39 is 5.97 Å². The maximum atomic E-state index is 10.9. The predicted octanol–water partition coefficient (Wildman–Crippen LogP) is 0.836. The molecule has 0 aliphatic heterocycles. The zero-order chi connectivity index (χ0) is 11.0. The minimum absolute atomic E-state index is 0.0643. The van der Waals surface area contributed by atoms with Gasteiger partial charge < -0.3 is 15.4 Å². The van der Waals surface area contributed by atoms with Crippen molar-refractivity contribution in [2.45, 2.75) is 25.8 Å². The maximum absolute atomic E-state index is 10.9. The third-order valence-electron chi connectivity index (χ3n) is 2.59. The van der Waals surface area contributed by atoms with Crippen molar-refractivity contribution in [1.29, 1.82) is 0 Å². The Morgan fingerprint density at radius 2 is 2.33 bits per heavy atom. The molecule has 1 aromatic rings. The first-order valence-electron chi connectivity index (χ1n) is 4.80. The van der Waals surface area contributed by atoms with Gasteiger partial charge in [0.05, 0.1) is 6.04 Å². The first-order valence-corrected chi connectivity index (χ1v) is 4.80. The van der Waals surface area contributed by atoms with Gasteiger partial charge in [0.25, 0.3) is 0 Å². The largest absolute Gasteiger partial charge is 0.477 e. The van der Waals surface area contributed by atoms with Crippen molar-refractivity contribution in [1.82, 2.24) is 10.3 Å². The van der Waals surface area contributed by atoms with E-state index in [1.54, 1.807) is 6.07 Å². The number of nitrogens with one attached hydrogen (secondary N) is 2. The van der Waals surface area contributed by atoms with Crippen LogP contribution in [-0.4, -0.2) is 22.0 Å². The Morgan fingerprint density at radius 1 is 1.60 bits per heavy atom. The van der Waals surface area contributed by atoms with E-state index in [-0.39, 0.29) is 17.6 Å². The second-order valence-electron chi connectivity index (χ2n) is 3.72. The van der Waals surface area contributed by atoms with Gasteiger partial charge in [0.15, 0.2) is 0 Å². The lowest BCUT2D eigenvalue weighted by molar-refractivity contribution is -0.119. The molecule has 0 spiro atoms. The topological polar surface area (TPSA) is 82.2 Å². The summed E-state index contributed by atoms with van der Waals surface area (Å²) in [4.78, 5) is 24.5. The molecule has 0 unspecified atom stereocenters. The van der Waals surface area contributed by atoms with Crippen LogP contribution in [0.15, 0.2) is 6.07 Å². The summed E-state index contributed by atoms with van der Waals surface area (Å²) in [6.07, 6.45) is 1.64. The summed E-state index contributed by atoms with van der Waals surface area (Å²) in [5.74, 6) is -1.06. The van der Waals surface area contributed by atoms with Gasteiger partial charge in [0, 0.05) is 12.6 Å². The lowest BCUT2D eigenvalue weighted by Gasteiger charge is -2.10. The number of aromatic amines is 1. The van der Waals surface area contributed by atoms with Crippen molar-refractivity contribution < 1.29 is 14.7 Å². The number of hydrogen-bond acceptors (Lipinski definition) is 2. The summed E-state index contributed by atoms with van der Waals surface area (Å²) in [7, 11) is 0. The summed E-state index contributed by atoms with van der Waals surface area (Å²) in [6.45, 7) is 1.46. The Labute approximate surface area is 86.5 Å². The van der Waals surface area contributed by atoms with Gasteiger partial charge in [-0.05, 0) is 24.5 Å². The highest BCUT2D eigenvalue weighted by Crippen LogP contribution is 2.31. The maximum Gasteiger partial charge on any atom is 0.352 e. The highest BCUT2D eigenvalue weighted by Gasteiger charge is 2.26. The van der Waals surface area contributed by atoms with Crippen LogP contribution >= 0.6 is 0 Å². The van der Waals surface area contributed by atoms with Crippen molar-refractivity contribution in [3.05, 3.63) is 23.0 Å². The molecule has 5 heteroatoms. The van der Waals surface area contributed by atoms with Crippen LogP contribution in [0, 0.1) is 0 Å². The molecule has 1 atom stereocenters. The molecule has 2 rings (SSSR count). The smallest absolute Gasteiger partial charge is 0.352 e. The van der Waals surface area contributed by atoms with Crippen LogP contribution in [0.25, 0.3) is 0 Å². The van der Waals surface area contributed by atoms with E-state index in [9.17, 15) is 9.59 Å². The molecule has 1 aliphatic rings. The number of aromatic carboxylic acids is 1. The lowest BCUT2D eigenvalue weighted by Crippen LogP contribution is -2.24. The van der Waals surface area contributed by atoms with Gasteiger partial charge in [-0.25, -0.2) is 4.79 Å². The standard InChI is InChI=1S/C10H12N2O3/c1-5(13)11-7-3-2-6-4-8(10(14)15)12-9(6)7/h4,7,12H,2-3H2,1H3,(H,11,13)(H,14,15)/t7-/m1/s1.